The molecule has 0 unspecified atom stereocenters. The number of halogens is 2. The van der Waals surface area contributed by atoms with Gasteiger partial charge in [-0.05, 0) is 43.3 Å². The van der Waals surface area contributed by atoms with Gasteiger partial charge in [-0.1, -0.05) is 35.0 Å². The van der Waals surface area contributed by atoms with Gasteiger partial charge in [0.1, 0.15) is 6.07 Å². The summed E-state index contributed by atoms with van der Waals surface area (Å²) >= 11 is 13.7. The van der Waals surface area contributed by atoms with E-state index in [1.807, 2.05) is 37.3 Å². The normalized spacial score (nSPS) is 10.8. The van der Waals surface area contributed by atoms with Crippen molar-refractivity contribution in [1.29, 1.82) is 5.26 Å². The van der Waals surface area contributed by atoms with E-state index in [1.165, 1.54) is 0 Å². The van der Waals surface area contributed by atoms with Gasteiger partial charge in [0.25, 0.3) is 0 Å². The van der Waals surface area contributed by atoms with Crippen molar-refractivity contribution in [3.63, 3.8) is 0 Å². The topological polar surface area (TPSA) is 39.6 Å². The number of nitrogens with one attached hydrogen (secondary N) is 1. The number of H-pyrrole nitrogens is 1. The summed E-state index contributed by atoms with van der Waals surface area (Å²) in [5, 5.41) is 11.3. The third kappa shape index (κ3) is 2.75. The predicted molar refractivity (Wildman–Crippen MR) is 88.3 cm³/mol. The van der Waals surface area contributed by atoms with Crippen LogP contribution >= 0.6 is 35.0 Å². The molecule has 104 valence electrons. The molecular formula is C16H10Cl2N2S. The van der Waals surface area contributed by atoms with E-state index in [0.29, 0.717) is 10.6 Å². The number of nitriles is 1. The summed E-state index contributed by atoms with van der Waals surface area (Å²) in [6.45, 7) is 2.01. The summed E-state index contributed by atoms with van der Waals surface area (Å²) in [6.07, 6.45) is 0. The molecule has 3 rings (SSSR count). The SMILES string of the molecule is Cc1[nH]c2cc(C#N)c(Cl)cc2c1Sc1ccc(Cl)cc1. The molecule has 0 atom stereocenters. The van der Waals surface area contributed by atoms with Crippen LogP contribution in [0.2, 0.25) is 10.0 Å². The van der Waals surface area contributed by atoms with Crippen LogP contribution in [0.1, 0.15) is 11.3 Å². The maximum absolute atomic E-state index is 9.05. The van der Waals surface area contributed by atoms with Crippen LogP contribution in [0, 0.1) is 18.3 Å². The van der Waals surface area contributed by atoms with Gasteiger partial charge in [0.2, 0.25) is 0 Å². The molecule has 0 saturated carbocycles. The van der Waals surface area contributed by atoms with E-state index in [0.717, 1.165) is 31.4 Å². The predicted octanol–water partition coefficient (Wildman–Crippen LogP) is 5.81. The Bertz CT molecular complexity index is 861. The smallest absolute Gasteiger partial charge is 0.101 e. The molecule has 0 aliphatic heterocycles. The highest BCUT2D eigenvalue weighted by molar-refractivity contribution is 7.99. The highest BCUT2D eigenvalue weighted by Gasteiger charge is 2.13. The van der Waals surface area contributed by atoms with Gasteiger partial charge in [-0.25, -0.2) is 0 Å². The van der Waals surface area contributed by atoms with E-state index in [1.54, 1.807) is 17.8 Å². The monoisotopic (exact) mass is 332 g/mol. The van der Waals surface area contributed by atoms with E-state index in [2.05, 4.69) is 11.1 Å². The van der Waals surface area contributed by atoms with Gasteiger partial charge >= 0.3 is 0 Å². The molecule has 0 bridgehead atoms. The van der Waals surface area contributed by atoms with Crippen molar-refractivity contribution in [2.24, 2.45) is 0 Å². The Labute approximate surface area is 136 Å². The van der Waals surface area contributed by atoms with E-state index in [9.17, 15) is 0 Å². The highest BCUT2D eigenvalue weighted by Crippen LogP contribution is 2.38. The van der Waals surface area contributed by atoms with E-state index in [4.69, 9.17) is 28.5 Å². The maximum Gasteiger partial charge on any atom is 0.101 e. The Morgan fingerprint density at radius 2 is 1.86 bits per heavy atom. The fourth-order valence-electron chi connectivity index (χ4n) is 2.16. The van der Waals surface area contributed by atoms with Crippen LogP contribution in [0.4, 0.5) is 0 Å². The van der Waals surface area contributed by atoms with Crippen LogP contribution in [-0.4, -0.2) is 4.98 Å². The average Bonchev–Trinajstić information content (AvgIpc) is 2.76. The molecule has 0 saturated heterocycles. The zero-order chi connectivity index (χ0) is 15.0. The lowest BCUT2D eigenvalue weighted by Gasteiger charge is -2.03. The molecule has 0 amide bonds. The summed E-state index contributed by atoms with van der Waals surface area (Å²) in [5.74, 6) is 0. The Hall–Kier alpha value is -1.60. The molecule has 1 N–H and O–H groups in total. The molecular weight excluding hydrogens is 323 g/mol. The minimum absolute atomic E-state index is 0.474. The third-order valence-electron chi connectivity index (χ3n) is 3.17. The number of aromatic nitrogens is 1. The Morgan fingerprint density at radius 3 is 2.52 bits per heavy atom. The minimum Gasteiger partial charge on any atom is -0.358 e. The van der Waals surface area contributed by atoms with E-state index in [-0.39, 0.29) is 0 Å². The first-order chi connectivity index (χ1) is 10.1. The summed E-state index contributed by atoms with van der Waals surface area (Å²) in [7, 11) is 0. The van der Waals surface area contributed by atoms with Crippen molar-refractivity contribution >= 4 is 45.9 Å². The zero-order valence-electron chi connectivity index (χ0n) is 11.1. The van der Waals surface area contributed by atoms with Crippen LogP contribution in [0.5, 0.6) is 0 Å². The lowest BCUT2D eigenvalue weighted by molar-refractivity contribution is 1.22. The van der Waals surface area contributed by atoms with Gasteiger partial charge in [-0.15, -0.1) is 0 Å². The fourth-order valence-corrected chi connectivity index (χ4v) is 3.49. The maximum atomic E-state index is 9.05. The number of aryl methyl sites for hydroxylation is 1. The van der Waals surface area contributed by atoms with Crippen molar-refractivity contribution in [1.82, 2.24) is 4.98 Å². The molecule has 2 aromatic carbocycles. The number of hydrogen-bond donors (Lipinski definition) is 1. The molecule has 1 heterocycles. The number of nitrogens with zero attached hydrogens (tertiary/aromatic N) is 1. The lowest BCUT2D eigenvalue weighted by atomic mass is 10.2. The third-order valence-corrected chi connectivity index (χ3v) is 4.97. The quantitative estimate of drug-likeness (QED) is 0.643. The first-order valence-corrected chi connectivity index (χ1v) is 7.81. The lowest BCUT2D eigenvalue weighted by Crippen LogP contribution is -1.78. The fraction of sp³-hybridized carbons (Fsp3) is 0.0625. The first kappa shape index (κ1) is 14.3. The van der Waals surface area contributed by atoms with Crippen LogP contribution in [0.3, 0.4) is 0 Å². The summed E-state index contributed by atoms with van der Waals surface area (Å²) < 4.78 is 0. The molecule has 2 nitrogen and oxygen atoms in total. The Kier molecular flexibility index (Phi) is 3.86. The zero-order valence-corrected chi connectivity index (χ0v) is 13.4. The standard InChI is InChI=1S/C16H10Cl2N2S/c1-9-16(21-12-4-2-11(17)3-5-12)13-7-14(18)10(8-19)6-15(13)20-9/h2-7,20H,1H3. The van der Waals surface area contributed by atoms with Crippen molar-refractivity contribution in [3.8, 4) is 6.07 Å². The van der Waals surface area contributed by atoms with Crippen LogP contribution < -0.4 is 0 Å². The number of hydrogen-bond acceptors (Lipinski definition) is 2. The second kappa shape index (κ2) is 5.65. The number of aromatic amines is 1. The molecule has 0 spiro atoms. The van der Waals surface area contributed by atoms with Crippen molar-refractivity contribution in [2.45, 2.75) is 16.7 Å². The Morgan fingerprint density at radius 1 is 1.14 bits per heavy atom. The van der Waals surface area contributed by atoms with Crippen LogP contribution in [-0.2, 0) is 0 Å². The largest absolute Gasteiger partial charge is 0.358 e. The van der Waals surface area contributed by atoms with E-state index < -0.39 is 0 Å². The molecule has 21 heavy (non-hydrogen) atoms. The number of fused-ring (bicyclic) bond motifs is 1. The summed E-state index contributed by atoms with van der Waals surface area (Å²) in [5.41, 5.74) is 2.45. The van der Waals surface area contributed by atoms with Gasteiger partial charge < -0.3 is 4.98 Å². The second-order valence-electron chi connectivity index (χ2n) is 4.62. The number of rotatable bonds is 2. The van der Waals surface area contributed by atoms with Gasteiger partial charge in [-0.2, -0.15) is 5.26 Å². The summed E-state index contributed by atoms with van der Waals surface area (Å²) in [4.78, 5) is 5.51. The molecule has 1 aromatic heterocycles. The average molecular weight is 333 g/mol. The molecule has 0 fully saturated rings. The molecule has 3 aromatic rings. The van der Waals surface area contributed by atoms with Gasteiger partial charge in [0.15, 0.2) is 0 Å². The Balaban J connectivity index is 2.10. The number of benzene rings is 2. The van der Waals surface area contributed by atoms with Gasteiger partial charge in [0.05, 0.1) is 10.6 Å². The van der Waals surface area contributed by atoms with Crippen molar-refractivity contribution in [2.75, 3.05) is 0 Å². The highest BCUT2D eigenvalue weighted by atomic mass is 35.5. The summed E-state index contributed by atoms with van der Waals surface area (Å²) in [6, 6.07) is 13.4. The van der Waals surface area contributed by atoms with Crippen LogP contribution in [0.25, 0.3) is 10.9 Å². The van der Waals surface area contributed by atoms with Crippen LogP contribution in [0.15, 0.2) is 46.2 Å². The van der Waals surface area contributed by atoms with Gasteiger partial charge in [0, 0.05) is 31.4 Å². The molecule has 5 heteroatoms. The first-order valence-electron chi connectivity index (χ1n) is 6.24. The second-order valence-corrected chi connectivity index (χ2v) is 6.55. The van der Waals surface area contributed by atoms with Crippen molar-refractivity contribution < 1.29 is 0 Å². The van der Waals surface area contributed by atoms with Gasteiger partial charge in [-0.3, -0.25) is 0 Å². The molecule has 0 aliphatic rings. The van der Waals surface area contributed by atoms with E-state index >= 15 is 0 Å². The minimum atomic E-state index is 0.474. The molecule has 0 radical (unpaired) electrons. The molecule has 0 aliphatic carbocycles. The van der Waals surface area contributed by atoms with Crippen molar-refractivity contribution in [3.05, 3.63) is 57.7 Å².